The summed E-state index contributed by atoms with van der Waals surface area (Å²) in [6, 6.07) is 10.3. The Labute approximate surface area is 156 Å². The number of aromatic nitrogens is 1. The fourth-order valence-corrected chi connectivity index (χ4v) is 2.69. The van der Waals surface area contributed by atoms with E-state index in [-0.39, 0.29) is 12.6 Å². The highest BCUT2D eigenvalue weighted by molar-refractivity contribution is 5.96. The zero-order valence-corrected chi connectivity index (χ0v) is 15.3. The Morgan fingerprint density at radius 3 is 2.78 bits per heavy atom. The van der Waals surface area contributed by atoms with Crippen molar-refractivity contribution in [3.05, 3.63) is 59.7 Å². The molecule has 2 heterocycles. The lowest BCUT2D eigenvalue weighted by atomic mass is 10.1. The molecule has 0 saturated heterocycles. The molecular formula is C20H20N2O5. The number of esters is 1. The summed E-state index contributed by atoms with van der Waals surface area (Å²) in [5.74, 6) is 0.266. The van der Waals surface area contributed by atoms with Crippen LogP contribution in [0.5, 0.6) is 5.75 Å². The van der Waals surface area contributed by atoms with Gasteiger partial charge in [-0.3, -0.25) is 9.78 Å². The highest BCUT2D eigenvalue weighted by atomic mass is 16.5. The molecule has 0 radical (unpaired) electrons. The number of carbonyl (C=O) groups is 2. The maximum Gasteiger partial charge on any atom is 0.340 e. The third kappa shape index (κ3) is 4.25. The van der Waals surface area contributed by atoms with Crippen LogP contribution < -0.4 is 10.1 Å². The maximum absolute atomic E-state index is 12.4. The van der Waals surface area contributed by atoms with E-state index in [4.69, 9.17) is 13.9 Å². The second-order valence-electron chi connectivity index (χ2n) is 6.06. The van der Waals surface area contributed by atoms with Gasteiger partial charge >= 0.3 is 5.97 Å². The molecule has 27 heavy (non-hydrogen) atoms. The fraction of sp³-hybridized carbons (Fsp3) is 0.250. The molecule has 7 nitrogen and oxygen atoms in total. The number of aryl methyl sites for hydroxylation is 1. The maximum atomic E-state index is 12.4. The van der Waals surface area contributed by atoms with Crippen molar-refractivity contribution >= 4 is 22.8 Å². The van der Waals surface area contributed by atoms with Crippen molar-refractivity contribution in [3.63, 3.8) is 0 Å². The van der Waals surface area contributed by atoms with Crippen molar-refractivity contribution in [1.29, 1.82) is 0 Å². The van der Waals surface area contributed by atoms with Crippen LogP contribution >= 0.6 is 0 Å². The van der Waals surface area contributed by atoms with Crippen LogP contribution in [-0.4, -0.2) is 30.6 Å². The Balaban J connectivity index is 1.66. The molecule has 0 aliphatic carbocycles. The summed E-state index contributed by atoms with van der Waals surface area (Å²) in [7, 11) is 1.57. The molecule has 0 fully saturated rings. The van der Waals surface area contributed by atoms with Crippen LogP contribution in [0.15, 0.2) is 47.1 Å². The van der Waals surface area contributed by atoms with Gasteiger partial charge in [0.15, 0.2) is 6.61 Å². The van der Waals surface area contributed by atoms with Crippen LogP contribution in [0, 0.1) is 6.92 Å². The SMILES string of the molecule is COc1ccc2nc(C)c(C(=O)OCC(=O)N[C@@H](C)c3ccco3)cc2c1. The molecule has 0 spiro atoms. The molecule has 3 rings (SSSR count). The Morgan fingerprint density at radius 1 is 1.26 bits per heavy atom. The van der Waals surface area contributed by atoms with Crippen LogP contribution in [0.2, 0.25) is 0 Å². The second-order valence-corrected chi connectivity index (χ2v) is 6.06. The second kappa shape index (κ2) is 7.90. The molecule has 1 amide bonds. The number of fused-ring (bicyclic) bond motifs is 1. The van der Waals surface area contributed by atoms with Crippen LogP contribution in [0.1, 0.15) is 34.8 Å². The zero-order chi connectivity index (χ0) is 19.4. The Hall–Kier alpha value is -3.35. The standard InChI is InChI=1S/C20H20N2O5/c1-12-16(10-14-9-15(25-3)6-7-17(14)21-12)20(24)27-11-19(23)22-13(2)18-5-4-8-26-18/h4-10,13H,11H2,1-3H3,(H,22,23)/t13-/m0/s1. The summed E-state index contributed by atoms with van der Waals surface area (Å²) >= 11 is 0. The molecule has 0 aliphatic rings. The van der Waals surface area contributed by atoms with Crippen molar-refractivity contribution in [1.82, 2.24) is 10.3 Å². The van der Waals surface area contributed by atoms with E-state index in [1.54, 1.807) is 51.3 Å². The lowest BCUT2D eigenvalue weighted by molar-refractivity contribution is -0.125. The number of furan rings is 1. The molecule has 0 unspecified atom stereocenters. The van der Waals surface area contributed by atoms with Gasteiger partial charge in [0.1, 0.15) is 11.5 Å². The van der Waals surface area contributed by atoms with Crippen LogP contribution in [0.3, 0.4) is 0 Å². The van der Waals surface area contributed by atoms with Crippen LogP contribution in [-0.2, 0) is 9.53 Å². The first-order valence-electron chi connectivity index (χ1n) is 8.43. The van der Waals surface area contributed by atoms with Crippen molar-refractivity contribution in [2.75, 3.05) is 13.7 Å². The van der Waals surface area contributed by atoms with Crippen LogP contribution in [0.4, 0.5) is 0 Å². The number of nitrogens with one attached hydrogen (secondary N) is 1. The third-order valence-electron chi connectivity index (χ3n) is 4.11. The minimum atomic E-state index is -0.606. The number of amides is 1. The molecule has 1 N–H and O–H groups in total. The first-order valence-corrected chi connectivity index (χ1v) is 8.43. The minimum absolute atomic E-state index is 0.308. The van der Waals surface area contributed by atoms with Gasteiger partial charge in [-0.1, -0.05) is 0 Å². The molecule has 2 aromatic heterocycles. The predicted octanol–water partition coefficient (Wildman–Crippen LogP) is 3.18. The highest BCUT2D eigenvalue weighted by Gasteiger charge is 2.17. The lowest BCUT2D eigenvalue weighted by Gasteiger charge is -2.12. The number of hydrogen-bond acceptors (Lipinski definition) is 6. The number of methoxy groups -OCH3 is 1. The Morgan fingerprint density at radius 2 is 2.07 bits per heavy atom. The smallest absolute Gasteiger partial charge is 0.340 e. The van der Waals surface area contributed by atoms with Crippen LogP contribution in [0.25, 0.3) is 10.9 Å². The zero-order valence-electron chi connectivity index (χ0n) is 15.3. The van der Waals surface area contributed by atoms with Gasteiger partial charge in [0.25, 0.3) is 5.91 Å². The molecule has 0 saturated carbocycles. The number of ether oxygens (including phenoxy) is 2. The molecule has 3 aromatic rings. The summed E-state index contributed by atoms with van der Waals surface area (Å²) in [5, 5.41) is 3.46. The van der Waals surface area contributed by atoms with Gasteiger partial charge in [-0.2, -0.15) is 0 Å². The molecule has 7 heteroatoms. The van der Waals surface area contributed by atoms with Gasteiger partial charge in [0.2, 0.25) is 0 Å². The highest BCUT2D eigenvalue weighted by Crippen LogP contribution is 2.22. The van der Waals surface area contributed by atoms with Gasteiger partial charge < -0.3 is 19.2 Å². The summed E-state index contributed by atoms with van der Waals surface area (Å²) in [4.78, 5) is 28.8. The van der Waals surface area contributed by atoms with Gasteiger partial charge in [-0.15, -0.1) is 0 Å². The Bertz CT molecular complexity index is 966. The summed E-state index contributed by atoms with van der Waals surface area (Å²) in [5.41, 5.74) is 1.58. The number of hydrogen-bond donors (Lipinski definition) is 1. The third-order valence-corrected chi connectivity index (χ3v) is 4.11. The average molecular weight is 368 g/mol. The van der Waals surface area contributed by atoms with E-state index >= 15 is 0 Å². The predicted molar refractivity (Wildman–Crippen MR) is 98.6 cm³/mol. The number of pyridine rings is 1. The summed E-state index contributed by atoms with van der Waals surface area (Å²) in [6.07, 6.45) is 1.53. The van der Waals surface area contributed by atoms with E-state index in [0.717, 1.165) is 10.9 Å². The van der Waals surface area contributed by atoms with Crippen molar-refractivity contribution < 1.29 is 23.5 Å². The number of nitrogens with zero attached hydrogens (tertiary/aromatic N) is 1. The van der Waals surface area contributed by atoms with E-state index in [1.165, 1.54) is 6.26 Å². The van der Waals surface area contributed by atoms with Crippen molar-refractivity contribution in [2.24, 2.45) is 0 Å². The van der Waals surface area contributed by atoms with E-state index < -0.39 is 11.9 Å². The van der Waals surface area contributed by atoms with Gasteiger partial charge in [0.05, 0.1) is 36.2 Å². The summed E-state index contributed by atoms with van der Waals surface area (Å²) < 4.78 is 15.6. The van der Waals surface area contributed by atoms with E-state index in [2.05, 4.69) is 10.3 Å². The number of carbonyl (C=O) groups excluding carboxylic acids is 2. The largest absolute Gasteiger partial charge is 0.497 e. The molecular weight excluding hydrogens is 348 g/mol. The first kappa shape index (κ1) is 18.4. The molecule has 0 bridgehead atoms. The van der Waals surface area contributed by atoms with Gasteiger partial charge in [-0.25, -0.2) is 4.79 Å². The number of rotatable bonds is 6. The lowest BCUT2D eigenvalue weighted by Crippen LogP contribution is -2.31. The first-order chi connectivity index (χ1) is 13.0. The van der Waals surface area contributed by atoms with E-state index in [9.17, 15) is 9.59 Å². The molecule has 1 aromatic carbocycles. The van der Waals surface area contributed by atoms with E-state index in [0.29, 0.717) is 22.8 Å². The Kier molecular flexibility index (Phi) is 5.40. The van der Waals surface area contributed by atoms with Gasteiger partial charge in [0, 0.05) is 5.39 Å². The fourth-order valence-electron chi connectivity index (χ4n) is 2.69. The normalized spacial score (nSPS) is 11.8. The molecule has 1 atom stereocenters. The van der Waals surface area contributed by atoms with Crippen molar-refractivity contribution in [2.45, 2.75) is 19.9 Å². The quantitative estimate of drug-likeness (QED) is 0.672. The van der Waals surface area contributed by atoms with E-state index in [1.807, 2.05) is 6.07 Å². The average Bonchev–Trinajstić information content (AvgIpc) is 3.20. The monoisotopic (exact) mass is 368 g/mol. The molecule has 0 aliphatic heterocycles. The number of benzene rings is 1. The topological polar surface area (TPSA) is 90.7 Å². The minimum Gasteiger partial charge on any atom is -0.497 e. The molecule has 140 valence electrons. The van der Waals surface area contributed by atoms with Gasteiger partial charge in [-0.05, 0) is 50.2 Å². The van der Waals surface area contributed by atoms with Crippen molar-refractivity contribution in [3.8, 4) is 5.75 Å². The summed E-state index contributed by atoms with van der Waals surface area (Å²) in [6.45, 7) is 3.11.